The molecule has 2 aromatic rings. The second-order valence-electron chi connectivity index (χ2n) is 5.19. The standard InChI is InChI=1S/C19H19N/c1-15-8-7-13-18(15)19-12-6-5-9-16(19)14-20-17-10-3-2-4-11-17/h2-13,18,20H,14H2,1H3. The lowest BCUT2D eigenvalue weighted by Crippen LogP contribution is -2.05. The van der Waals surface area contributed by atoms with Crippen molar-refractivity contribution in [3.05, 3.63) is 89.5 Å². The van der Waals surface area contributed by atoms with E-state index >= 15 is 0 Å². The number of hydrogen-bond donors (Lipinski definition) is 1. The van der Waals surface area contributed by atoms with Crippen molar-refractivity contribution < 1.29 is 0 Å². The molecule has 3 rings (SSSR count). The first kappa shape index (κ1) is 12.7. The normalized spacial score (nSPS) is 17.1. The summed E-state index contributed by atoms with van der Waals surface area (Å²) in [6.07, 6.45) is 6.63. The van der Waals surface area contributed by atoms with Gasteiger partial charge in [0.25, 0.3) is 0 Å². The van der Waals surface area contributed by atoms with Crippen LogP contribution in [-0.4, -0.2) is 0 Å². The summed E-state index contributed by atoms with van der Waals surface area (Å²) in [5.74, 6) is 0.434. The van der Waals surface area contributed by atoms with E-state index in [2.05, 4.69) is 79.0 Å². The van der Waals surface area contributed by atoms with Crippen molar-refractivity contribution in [3.8, 4) is 0 Å². The van der Waals surface area contributed by atoms with Crippen LogP contribution in [0.1, 0.15) is 24.0 Å². The van der Waals surface area contributed by atoms with Gasteiger partial charge in [-0.15, -0.1) is 0 Å². The van der Waals surface area contributed by atoms with Crippen molar-refractivity contribution in [2.24, 2.45) is 0 Å². The maximum atomic E-state index is 3.50. The Morgan fingerprint density at radius 3 is 2.45 bits per heavy atom. The van der Waals surface area contributed by atoms with Gasteiger partial charge in [-0.25, -0.2) is 0 Å². The summed E-state index contributed by atoms with van der Waals surface area (Å²) in [6, 6.07) is 19.0. The number of rotatable bonds is 4. The zero-order chi connectivity index (χ0) is 13.8. The van der Waals surface area contributed by atoms with E-state index in [1.165, 1.54) is 16.7 Å². The van der Waals surface area contributed by atoms with E-state index in [9.17, 15) is 0 Å². The van der Waals surface area contributed by atoms with Gasteiger partial charge in [-0.05, 0) is 30.2 Å². The molecular formula is C19H19N. The third-order valence-electron chi connectivity index (χ3n) is 3.80. The summed E-state index contributed by atoms with van der Waals surface area (Å²) in [5, 5.41) is 3.50. The Morgan fingerprint density at radius 2 is 1.70 bits per heavy atom. The molecule has 2 aromatic carbocycles. The Balaban J connectivity index is 1.80. The van der Waals surface area contributed by atoms with Crippen molar-refractivity contribution in [3.63, 3.8) is 0 Å². The van der Waals surface area contributed by atoms with Crippen molar-refractivity contribution in [1.82, 2.24) is 0 Å². The molecule has 20 heavy (non-hydrogen) atoms. The largest absolute Gasteiger partial charge is 0.381 e. The van der Waals surface area contributed by atoms with Crippen LogP contribution in [0.5, 0.6) is 0 Å². The third-order valence-corrected chi connectivity index (χ3v) is 3.80. The van der Waals surface area contributed by atoms with E-state index in [1.54, 1.807) is 0 Å². The topological polar surface area (TPSA) is 12.0 Å². The summed E-state index contributed by atoms with van der Waals surface area (Å²) in [7, 11) is 0. The third kappa shape index (κ3) is 2.67. The van der Waals surface area contributed by atoms with Crippen molar-refractivity contribution in [2.75, 3.05) is 5.32 Å². The Kier molecular flexibility index (Phi) is 3.69. The summed E-state index contributed by atoms with van der Waals surface area (Å²) >= 11 is 0. The van der Waals surface area contributed by atoms with Gasteiger partial charge in [0.2, 0.25) is 0 Å². The van der Waals surface area contributed by atoms with E-state index < -0.39 is 0 Å². The van der Waals surface area contributed by atoms with Gasteiger partial charge in [-0.2, -0.15) is 0 Å². The zero-order valence-electron chi connectivity index (χ0n) is 11.7. The summed E-state index contributed by atoms with van der Waals surface area (Å²) < 4.78 is 0. The van der Waals surface area contributed by atoms with E-state index in [-0.39, 0.29) is 0 Å². The second-order valence-corrected chi connectivity index (χ2v) is 5.19. The fraction of sp³-hybridized carbons (Fsp3) is 0.158. The zero-order valence-corrected chi connectivity index (χ0v) is 11.7. The molecule has 1 aliphatic carbocycles. The van der Waals surface area contributed by atoms with Crippen molar-refractivity contribution >= 4 is 5.69 Å². The van der Waals surface area contributed by atoms with Crippen LogP contribution in [0.15, 0.2) is 78.4 Å². The lowest BCUT2D eigenvalue weighted by Gasteiger charge is -2.17. The summed E-state index contributed by atoms with van der Waals surface area (Å²) in [6.45, 7) is 3.06. The molecule has 1 unspecified atom stereocenters. The highest BCUT2D eigenvalue weighted by atomic mass is 14.9. The number of hydrogen-bond acceptors (Lipinski definition) is 1. The van der Waals surface area contributed by atoms with Gasteiger partial charge >= 0.3 is 0 Å². The molecule has 0 fully saturated rings. The highest BCUT2D eigenvalue weighted by Crippen LogP contribution is 2.32. The molecule has 0 heterocycles. The van der Waals surface area contributed by atoms with Crippen LogP contribution in [-0.2, 0) is 6.54 Å². The number of para-hydroxylation sites is 1. The van der Waals surface area contributed by atoms with E-state index in [4.69, 9.17) is 0 Å². The summed E-state index contributed by atoms with van der Waals surface area (Å²) in [5.41, 5.74) is 5.34. The van der Waals surface area contributed by atoms with E-state index in [0.717, 1.165) is 12.2 Å². The molecule has 100 valence electrons. The highest BCUT2D eigenvalue weighted by Gasteiger charge is 2.16. The van der Waals surface area contributed by atoms with Crippen LogP contribution in [0.3, 0.4) is 0 Å². The van der Waals surface area contributed by atoms with Crippen LogP contribution in [0.25, 0.3) is 0 Å². The molecule has 0 saturated heterocycles. The van der Waals surface area contributed by atoms with Gasteiger partial charge in [-0.3, -0.25) is 0 Å². The lowest BCUT2D eigenvalue weighted by atomic mass is 9.91. The molecule has 1 nitrogen and oxygen atoms in total. The van der Waals surface area contributed by atoms with E-state index in [1.807, 2.05) is 6.07 Å². The molecule has 1 heteroatoms. The molecule has 0 bridgehead atoms. The fourth-order valence-corrected chi connectivity index (χ4v) is 2.67. The smallest absolute Gasteiger partial charge is 0.0403 e. The highest BCUT2D eigenvalue weighted by molar-refractivity contribution is 5.47. The average molecular weight is 261 g/mol. The molecule has 1 atom stereocenters. The average Bonchev–Trinajstić information content (AvgIpc) is 2.92. The minimum Gasteiger partial charge on any atom is -0.381 e. The van der Waals surface area contributed by atoms with Crippen molar-refractivity contribution in [1.29, 1.82) is 0 Å². The quantitative estimate of drug-likeness (QED) is 0.825. The molecule has 0 saturated carbocycles. The fourth-order valence-electron chi connectivity index (χ4n) is 2.67. The van der Waals surface area contributed by atoms with Gasteiger partial charge in [0.15, 0.2) is 0 Å². The Bertz CT molecular complexity index is 638. The maximum absolute atomic E-state index is 3.50. The number of anilines is 1. The predicted octanol–water partition coefficient (Wildman–Crippen LogP) is 4.90. The molecule has 0 aliphatic heterocycles. The Morgan fingerprint density at radius 1 is 0.950 bits per heavy atom. The maximum Gasteiger partial charge on any atom is 0.0403 e. The number of nitrogens with one attached hydrogen (secondary N) is 1. The van der Waals surface area contributed by atoms with Gasteiger partial charge < -0.3 is 5.32 Å². The van der Waals surface area contributed by atoms with Gasteiger partial charge in [-0.1, -0.05) is 66.3 Å². The van der Waals surface area contributed by atoms with Crippen LogP contribution < -0.4 is 5.32 Å². The molecular weight excluding hydrogens is 242 g/mol. The molecule has 0 aromatic heterocycles. The second kappa shape index (κ2) is 5.79. The minimum absolute atomic E-state index is 0.434. The van der Waals surface area contributed by atoms with Crippen LogP contribution in [0.2, 0.25) is 0 Å². The lowest BCUT2D eigenvalue weighted by molar-refractivity contribution is 0.968. The molecule has 1 N–H and O–H groups in total. The Labute approximate surface area is 120 Å². The molecule has 0 radical (unpaired) electrons. The SMILES string of the molecule is CC1=CC=CC1c1ccccc1CNc1ccccc1. The van der Waals surface area contributed by atoms with Crippen LogP contribution >= 0.6 is 0 Å². The van der Waals surface area contributed by atoms with E-state index in [0.29, 0.717) is 5.92 Å². The first-order valence-corrected chi connectivity index (χ1v) is 7.06. The molecule has 0 spiro atoms. The predicted molar refractivity (Wildman–Crippen MR) is 85.8 cm³/mol. The monoisotopic (exact) mass is 261 g/mol. The van der Waals surface area contributed by atoms with Crippen LogP contribution in [0, 0.1) is 0 Å². The first-order chi connectivity index (χ1) is 9.84. The van der Waals surface area contributed by atoms with Gasteiger partial charge in [0, 0.05) is 18.2 Å². The molecule has 0 amide bonds. The number of allylic oxidation sites excluding steroid dienone is 4. The number of benzene rings is 2. The minimum atomic E-state index is 0.434. The Hall–Kier alpha value is -2.28. The van der Waals surface area contributed by atoms with Gasteiger partial charge in [0.1, 0.15) is 0 Å². The van der Waals surface area contributed by atoms with Gasteiger partial charge in [0.05, 0.1) is 0 Å². The van der Waals surface area contributed by atoms with Crippen molar-refractivity contribution in [2.45, 2.75) is 19.4 Å². The molecule has 1 aliphatic rings. The first-order valence-electron chi connectivity index (χ1n) is 7.06. The summed E-state index contributed by atoms with van der Waals surface area (Å²) in [4.78, 5) is 0. The van der Waals surface area contributed by atoms with Crippen LogP contribution in [0.4, 0.5) is 5.69 Å².